The second-order valence-electron chi connectivity index (χ2n) is 15.5. The van der Waals surface area contributed by atoms with Gasteiger partial charge in [-0.1, -0.05) is 186 Å². The number of carbonyl (C=O) groups excluding carboxylic acids is 1. The Balaban J connectivity index is 2.38. The minimum Gasteiger partial charge on any atom is -0.394 e. The molecule has 0 bridgehead atoms. The number of hydrogen-bond donors (Lipinski definition) is 6. The summed E-state index contributed by atoms with van der Waals surface area (Å²) in [6.45, 7) is 3.74. The van der Waals surface area contributed by atoms with E-state index in [4.69, 9.17) is 9.47 Å². The van der Waals surface area contributed by atoms with Gasteiger partial charge in [0.05, 0.1) is 25.4 Å². The highest BCUT2D eigenvalue weighted by atomic mass is 16.7. The summed E-state index contributed by atoms with van der Waals surface area (Å²) >= 11 is 0. The number of unbranched alkanes of at least 4 members (excludes halogenated alkanes) is 24. The zero-order chi connectivity index (χ0) is 38.8. The van der Waals surface area contributed by atoms with Gasteiger partial charge in [0.2, 0.25) is 5.91 Å². The minimum absolute atomic E-state index is 0.189. The standard InChI is InChI=1S/C44H83NO8/c1-3-5-7-9-11-13-15-17-18-19-20-22-24-26-28-30-32-34-40(48)45-37(36-52-44-43(51)42(50)41(49)39(35-46)53-44)38(47)33-31-29-27-25-23-21-16-14-12-10-8-6-4-2/h25,27,31,33,37-39,41-44,46-47,49-51H,3-24,26,28-30,32,34-36H2,1-2H3,(H,45,48). The van der Waals surface area contributed by atoms with Gasteiger partial charge in [0.15, 0.2) is 6.29 Å². The average Bonchev–Trinajstić information content (AvgIpc) is 3.16. The third-order valence-electron chi connectivity index (χ3n) is 10.6. The predicted octanol–water partition coefficient (Wildman–Crippen LogP) is 8.72. The van der Waals surface area contributed by atoms with Crippen LogP contribution in [0.4, 0.5) is 0 Å². The van der Waals surface area contributed by atoms with E-state index >= 15 is 0 Å². The number of rotatable bonds is 36. The number of aliphatic hydroxyl groups excluding tert-OH is 5. The summed E-state index contributed by atoms with van der Waals surface area (Å²) in [4.78, 5) is 12.9. The molecule has 0 aromatic heterocycles. The molecule has 0 spiro atoms. The number of ether oxygens (including phenoxy) is 2. The lowest BCUT2D eigenvalue weighted by molar-refractivity contribution is -0.302. The number of aliphatic hydroxyl groups is 5. The zero-order valence-electron chi connectivity index (χ0n) is 34.0. The van der Waals surface area contributed by atoms with E-state index in [1.165, 1.54) is 141 Å². The molecule has 1 fully saturated rings. The monoisotopic (exact) mass is 754 g/mol. The van der Waals surface area contributed by atoms with Crippen LogP contribution in [-0.2, 0) is 14.3 Å². The van der Waals surface area contributed by atoms with Gasteiger partial charge in [-0.2, -0.15) is 0 Å². The van der Waals surface area contributed by atoms with E-state index in [1.807, 2.05) is 6.08 Å². The molecule has 7 unspecified atom stereocenters. The summed E-state index contributed by atoms with van der Waals surface area (Å²) in [5.74, 6) is -0.189. The molecule has 53 heavy (non-hydrogen) atoms. The molecule has 312 valence electrons. The van der Waals surface area contributed by atoms with Crippen molar-refractivity contribution >= 4 is 5.91 Å². The Morgan fingerprint density at radius 2 is 1.11 bits per heavy atom. The molecule has 0 aliphatic carbocycles. The highest BCUT2D eigenvalue weighted by molar-refractivity contribution is 5.76. The molecule has 0 aromatic carbocycles. The molecule has 1 aliphatic heterocycles. The third kappa shape index (κ3) is 26.2. The molecule has 9 nitrogen and oxygen atoms in total. The summed E-state index contributed by atoms with van der Waals surface area (Å²) in [6, 6.07) is -0.821. The van der Waals surface area contributed by atoms with Crippen LogP contribution in [0, 0.1) is 0 Å². The van der Waals surface area contributed by atoms with E-state index in [0.717, 1.165) is 25.7 Å². The number of nitrogens with one attached hydrogen (secondary N) is 1. The average molecular weight is 754 g/mol. The van der Waals surface area contributed by atoms with E-state index in [2.05, 4.69) is 31.3 Å². The van der Waals surface area contributed by atoms with Crippen molar-refractivity contribution in [2.75, 3.05) is 13.2 Å². The van der Waals surface area contributed by atoms with Gasteiger partial charge in [0, 0.05) is 6.42 Å². The minimum atomic E-state index is -1.57. The van der Waals surface area contributed by atoms with Crippen LogP contribution in [0.1, 0.15) is 194 Å². The SMILES string of the molecule is CCCCCCCCCCC=CCC=CC(O)C(COC1OC(CO)C(O)C(O)C1O)NC(=O)CCCCCCCCCCCCCCCCCCC. The second kappa shape index (κ2) is 35.1. The molecule has 1 rings (SSSR count). The quantitative estimate of drug-likeness (QED) is 0.0275. The Labute approximate surface area is 324 Å². The lowest BCUT2D eigenvalue weighted by atomic mass is 9.99. The van der Waals surface area contributed by atoms with Crippen LogP contribution in [0.3, 0.4) is 0 Å². The van der Waals surface area contributed by atoms with Gasteiger partial charge in [0.1, 0.15) is 24.4 Å². The first kappa shape index (κ1) is 49.7. The molecule has 1 heterocycles. The van der Waals surface area contributed by atoms with E-state index in [-0.39, 0.29) is 12.5 Å². The number of amides is 1. The summed E-state index contributed by atoms with van der Waals surface area (Å²) in [6.07, 6.45) is 33.7. The van der Waals surface area contributed by atoms with Crippen LogP contribution in [0.25, 0.3) is 0 Å². The molecule has 1 saturated heterocycles. The number of hydrogen-bond acceptors (Lipinski definition) is 8. The Morgan fingerprint density at radius 1 is 0.642 bits per heavy atom. The molecule has 1 amide bonds. The molecule has 1 aliphatic rings. The van der Waals surface area contributed by atoms with Crippen LogP contribution in [-0.4, -0.2) is 87.5 Å². The van der Waals surface area contributed by atoms with Gasteiger partial charge in [-0.15, -0.1) is 0 Å². The van der Waals surface area contributed by atoms with Crippen LogP contribution in [0.15, 0.2) is 24.3 Å². The fourth-order valence-electron chi connectivity index (χ4n) is 6.96. The van der Waals surface area contributed by atoms with Gasteiger partial charge in [-0.3, -0.25) is 4.79 Å². The lowest BCUT2D eigenvalue weighted by Gasteiger charge is -2.40. The van der Waals surface area contributed by atoms with Crippen molar-refractivity contribution in [3.63, 3.8) is 0 Å². The van der Waals surface area contributed by atoms with Crippen molar-refractivity contribution in [1.29, 1.82) is 0 Å². The molecule has 9 heteroatoms. The molecule has 7 atom stereocenters. The maximum absolute atomic E-state index is 12.9. The smallest absolute Gasteiger partial charge is 0.220 e. The van der Waals surface area contributed by atoms with Gasteiger partial charge in [0.25, 0.3) is 0 Å². The van der Waals surface area contributed by atoms with E-state index in [1.54, 1.807) is 6.08 Å². The first-order valence-corrected chi connectivity index (χ1v) is 22.1. The normalized spacial score (nSPS) is 21.8. The number of allylic oxidation sites excluding steroid dienone is 3. The fraction of sp³-hybridized carbons (Fsp3) is 0.886. The summed E-state index contributed by atoms with van der Waals surface area (Å²) < 4.78 is 11.2. The highest BCUT2D eigenvalue weighted by Crippen LogP contribution is 2.22. The second-order valence-corrected chi connectivity index (χ2v) is 15.5. The van der Waals surface area contributed by atoms with Crippen molar-refractivity contribution in [3.8, 4) is 0 Å². The van der Waals surface area contributed by atoms with Crippen molar-refractivity contribution in [2.24, 2.45) is 0 Å². The van der Waals surface area contributed by atoms with Gasteiger partial charge >= 0.3 is 0 Å². The first-order chi connectivity index (χ1) is 25.8. The van der Waals surface area contributed by atoms with E-state index < -0.39 is 49.5 Å². The molecule has 6 N–H and O–H groups in total. The van der Waals surface area contributed by atoms with Crippen LogP contribution < -0.4 is 5.32 Å². The van der Waals surface area contributed by atoms with Crippen molar-refractivity contribution in [2.45, 2.75) is 236 Å². The maximum Gasteiger partial charge on any atom is 0.220 e. The summed E-state index contributed by atoms with van der Waals surface area (Å²) in [5.41, 5.74) is 0. The van der Waals surface area contributed by atoms with Crippen LogP contribution in [0.5, 0.6) is 0 Å². The molecule has 0 saturated carbocycles. The van der Waals surface area contributed by atoms with E-state index in [9.17, 15) is 30.3 Å². The maximum atomic E-state index is 12.9. The van der Waals surface area contributed by atoms with Gasteiger partial charge in [-0.25, -0.2) is 0 Å². The summed E-state index contributed by atoms with van der Waals surface area (Å²) in [7, 11) is 0. The predicted molar refractivity (Wildman–Crippen MR) is 217 cm³/mol. The Kier molecular flexibility index (Phi) is 32.9. The third-order valence-corrected chi connectivity index (χ3v) is 10.6. The topological polar surface area (TPSA) is 149 Å². The van der Waals surface area contributed by atoms with Gasteiger partial charge in [-0.05, 0) is 25.7 Å². The number of carbonyl (C=O) groups is 1. The molecule has 0 radical (unpaired) electrons. The largest absolute Gasteiger partial charge is 0.394 e. The molecule has 0 aromatic rings. The lowest BCUT2D eigenvalue weighted by Crippen LogP contribution is -2.60. The van der Waals surface area contributed by atoms with Crippen molar-refractivity contribution < 1.29 is 39.8 Å². The molecular weight excluding hydrogens is 670 g/mol. The molecular formula is C44H83NO8. The summed E-state index contributed by atoms with van der Waals surface area (Å²) in [5, 5.41) is 54.0. The van der Waals surface area contributed by atoms with Gasteiger partial charge < -0.3 is 40.3 Å². The Bertz CT molecular complexity index is 883. The van der Waals surface area contributed by atoms with Crippen molar-refractivity contribution in [1.82, 2.24) is 5.32 Å². The zero-order valence-corrected chi connectivity index (χ0v) is 34.0. The van der Waals surface area contributed by atoms with E-state index in [0.29, 0.717) is 12.8 Å². The van der Waals surface area contributed by atoms with Crippen molar-refractivity contribution in [3.05, 3.63) is 24.3 Å². The van der Waals surface area contributed by atoms with Crippen LogP contribution in [0.2, 0.25) is 0 Å². The Hall–Kier alpha value is -1.33. The van der Waals surface area contributed by atoms with Crippen LogP contribution >= 0.6 is 0 Å². The first-order valence-electron chi connectivity index (χ1n) is 22.1. The highest BCUT2D eigenvalue weighted by Gasteiger charge is 2.44. The fourth-order valence-corrected chi connectivity index (χ4v) is 6.96. The Morgan fingerprint density at radius 3 is 1.60 bits per heavy atom.